The molecule has 2 aromatic rings. The van der Waals surface area contributed by atoms with Crippen LogP contribution in [0.5, 0.6) is 5.75 Å². The number of carbonyl (C=O) groups is 1. The molecule has 0 aliphatic rings. The fourth-order valence-electron chi connectivity index (χ4n) is 1.83. The van der Waals surface area contributed by atoms with E-state index in [0.29, 0.717) is 23.5 Å². The second kappa shape index (κ2) is 9.19. The van der Waals surface area contributed by atoms with Crippen LogP contribution in [0.25, 0.3) is 0 Å². The third-order valence-corrected chi connectivity index (χ3v) is 3.98. The Hall–Kier alpha value is -2.02. The van der Waals surface area contributed by atoms with Gasteiger partial charge in [0.2, 0.25) is 5.89 Å². The van der Waals surface area contributed by atoms with Gasteiger partial charge in [-0.1, -0.05) is 25.1 Å². The van der Waals surface area contributed by atoms with E-state index in [-0.39, 0.29) is 5.56 Å². The van der Waals surface area contributed by atoms with Crippen molar-refractivity contribution in [1.82, 2.24) is 10.2 Å². The van der Waals surface area contributed by atoms with Crippen molar-refractivity contribution in [1.29, 1.82) is 0 Å². The van der Waals surface area contributed by atoms with Crippen molar-refractivity contribution in [3.05, 3.63) is 35.7 Å². The quantitative estimate of drug-likeness (QED) is 0.523. The zero-order valence-corrected chi connectivity index (χ0v) is 13.8. The van der Waals surface area contributed by atoms with Gasteiger partial charge in [0, 0.05) is 12.2 Å². The summed E-state index contributed by atoms with van der Waals surface area (Å²) >= 11 is 1.52. The Kier molecular flexibility index (Phi) is 6.93. The minimum absolute atomic E-state index is 0.253. The lowest BCUT2D eigenvalue weighted by Gasteiger charge is -2.05. The maximum absolute atomic E-state index is 10.7. The molecule has 0 aliphatic carbocycles. The molecule has 7 heteroatoms. The molecule has 0 spiro atoms. The molecule has 0 radical (unpaired) electrons. The monoisotopic (exact) mass is 336 g/mol. The summed E-state index contributed by atoms with van der Waals surface area (Å²) in [7, 11) is 0. The minimum atomic E-state index is -0.939. The van der Waals surface area contributed by atoms with Crippen molar-refractivity contribution >= 4 is 17.7 Å². The second-order valence-electron chi connectivity index (χ2n) is 4.95. The Morgan fingerprint density at radius 3 is 2.74 bits per heavy atom. The van der Waals surface area contributed by atoms with Gasteiger partial charge in [-0.25, -0.2) is 4.79 Å². The van der Waals surface area contributed by atoms with E-state index in [2.05, 4.69) is 17.1 Å². The van der Waals surface area contributed by atoms with Crippen LogP contribution in [0.1, 0.15) is 42.4 Å². The summed E-state index contributed by atoms with van der Waals surface area (Å²) < 4.78 is 11.1. The maximum Gasteiger partial charge on any atom is 0.335 e. The van der Waals surface area contributed by atoms with Gasteiger partial charge in [-0.2, -0.15) is 0 Å². The highest BCUT2D eigenvalue weighted by molar-refractivity contribution is 7.99. The first kappa shape index (κ1) is 17.3. The molecule has 1 aromatic heterocycles. The Bertz CT molecular complexity index is 613. The van der Waals surface area contributed by atoms with Gasteiger partial charge >= 0.3 is 5.97 Å². The molecule has 6 nitrogen and oxygen atoms in total. The highest BCUT2D eigenvalue weighted by atomic mass is 32.2. The Balaban J connectivity index is 1.63. The molecular weight excluding hydrogens is 316 g/mol. The van der Waals surface area contributed by atoms with E-state index in [9.17, 15) is 4.79 Å². The highest BCUT2D eigenvalue weighted by Crippen LogP contribution is 2.18. The van der Waals surface area contributed by atoms with Crippen LogP contribution in [0.4, 0.5) is 0 Å². The topological polar surface area (TPSA) is 85.5 Å². The molecule has 23 heavy (non-hydrogen) atoms. The zero-order valence-electron chi connectivity index (χ0n) is 13.0. The van der Waals surface area contributed by atoms with Gasteiger partial charge < -0.3 is 14.3 Å². The number of unbranched alkanes of at least 4 members (excludes halogenated alkanes) is 1. The molecule has 1 aromatic carbocycles. The summed E-state index contributed by atoms with van der Waals surface area (Å²) in [5.41, 5.74) is 0.253. The van der Waals surface area contributed by atoms with Crippen molar-refractivity contribution in [2.45, 2.75) is 37.8 Å². The van der Waals surface area contributed by atoms with Gasteiger partial charge in [0.25, 0.3) is 5.22 Å². The van der Waals surface area contributed by atoms with Crippen molar-refractivity contribution in [2.24, 2.45) is 0 Å². The molecule has 0 saturated heterocycles. The maximum atomic E-state index is 10.7. The lowest BCUT2D eigenvalue weighted by atomic mass is 10.2. The first-order valence-corrected chi connectivity index (χ1v) is 8.59. The van der Waals surface area contributed by atoms with Crippen LogP contribution in [-0.4, -0.2) is 33.6 Å². The fourth-order valence-corrected chi connectivity index (χ4v) is 2.52. The van der Waals surface area contributed by atoms with Gasteiger partial charge in [-0.15, -0.1) is 10.2 Å². The van der Waals surface area contributed by atoms with E-state index < -0.39 is 5.97 Å². The second-order valence-corrected chi connectivity index (χ2v) is 5.99. The van der Waals surface area contributed by atoms with Crippen LogP contribution in [0, 0.1) is 0 Å². The molecule has 0 unspecified atom stereocenters. The van der Waals surface area contributed by atoms with E-state index in [1.165, 1.54) is 23.9 Å². The van der Waals surface area contributed by atoms with Crippen LogP contribution in [0.3, 0.4) is 0 Å². The van der Waals surface area contributed by atoms with Crippen LogP contribution in [-0.2, 0) is 6.42 Å². The largest absolute Gasteiger partial charge is 0.494 e. The summed E-state index contributed by atoms with van der Waals surface area (Å²) in [6.45, 7) is 2.68. The fraction of sp³-hybridized carbons (Fsp3) is 0.438. The number of carboxylic acids is 1. The molecule has 0 saturated carbocycles. The summed E-state index contributed by atoms with van der Waals surface area (Å²) in [6, 6.07) is 6.38. The molecular formula is C16H20N2O4S. The molecule has 2 rings (SSSR count). The summed E-state index contributed by atoms with van der Waals surface area (Å²) in [5, 5.41) is 17.4. The number of aromatic carboxylic acids is 1. The first-order valence-electron chi connectivity index (χ1n) is 7.60. The number of hydrogen-bond acceptors (Lipinski definition) is 6. The SMILES string of the molecule is CCCCc1nnc(SCCCOc2ccc(C(=O)O)cc2)o1. The highest BCUT2D eigenvalue weighted by Gasteiger charge is 2.06. The standard InChI is InChI=1S/C16H20N2O4S/c1-2-3-5-14-17-18-16(22-14)23-11-4-10-21-13-8-6-12(7-9-13)15(19)20/h6-9H,2-5,10-11H2,1H3,(H,19,20). The van der Waals surface area contributed by atoms with Gasteiger partial charge in [-0.3, -0.25) is 0 Å². The molecule has 1 N–H and O–H groups in total. The lowest BCUT2D eigenvalue weighted by molar-refractivity contribution is 0.0697. The van der Waals surface area contributed by atoms with E-state index in [1.807, 2.05) is 0 Å². The summed E-state index contributed by atoms with van der Waals surface area (Å²) in [6.07, 6.45) is 3.83. The van der Waals surface area contributed by atoms with Crippen LogP contribution < -0.4 is 4.74 Å². The van der Waals surface area contributed by atoms with Gasteiger partial charge in [0.05, 0.1) is 12.2 Å². The average molecular weight is 336 g/mol. The number of ether oxygens (including phenoxy) is 1. The number of hydrogen-bond donors (Lipinski definition) is 1. The van der Waals surface area contributed by atoms with Gasteiger partial charge in [-0.05, 0) is 37.1 Å². The summed E-state index contributed by atoms with van der Waals surface area (Å²) in [4.78, 5) is 10.7. The number of aromatic nitrogens is 2. The molecule has 0 atom stereocenters. The van der Waals surface area contributed by atoms with Crippen molar-refractivity contribution < 1.29 is 19.1 Å². The predicted octanol–water partition coefficient (Wildman–Crippen LogP) is 3.67. The van der Waals surface area contributed by atoms with E-state index in [0.717, 1.165) is 31.4 Å². The number of carboxylic acid groups (broad SMARTS) is 1. The van der Waals surface area contributed by atoms with Crippen molar-refractivity contribution in [2.75, 3.05) is 12.4 Å². The Morgan fingerprint density at radius 1 is 1.26 bits per heavy atom. The number of rotatable bonds is 10. The van der Waals surface area contributed by atoms with Crippen LogP contribution in [0.2, 0.25) is 0 Å². The molecule has 0 fully saturated rings. The Morgan fingerprint density at radius 2 is 2.04 bits per heavy atom. The van der Waals surface area contributed by atoms with Gasteiger partial charge in [0.15, 0.2) is 0 Å². The molecule has 0 aliphatic heterocycles. The molecule has 1 heterocycles. The zero-order chi connectivity index (χ0) is 16.5. The third kappa shape index (κ3) is 5.94. The van der Waals surface area contributed by atoms with E-state index in [4.69, 9.17) is 14.3 Å². The number of aryl methyl sites for hydroxylation is 1. The number of nitrogens with zero attached hydrogens (tertiary/aromatic N) is 2. The summed E-state index contributed by atoms with van der Waals surface area (Å²) in [5.74, 6) is 1.25. The normalized spacial score (nSPS) is 10.7. The molecule has 124 valence electrons. The van der Waals surface area contributed by atoms with Gasteiger partial charge in [0.1, 0.15) is 5.75 Å². The van der Waals surface area contributed by atoms with E-state index >= 15 is 0 Å². The lowest BCUT2D eigenvalue weighted by Crippen LogP contribution is -2.00. The van der Waals surface area contributed by atoms with Crippen molar-refractivity contribution in [3.63, 3.8) is 0 Å². The molecule has 0 amide bonds. The van der Waals surface area contributed by atoms with Crippen molar-refractivity contribution in [3.8, 4) is 5.75 Å². The van der Waals surface area contributed by atoms with Crippen LogP contribution in [0.15, 0.2) is 33.9 Å². The Labute approximate surface area is 139 Å². The smallest absolute Gasteiger partial charge is 0.335 e. The number of thioether (sulfide) groups is 1. The first-order chi connectivity index (χ1) is 11.2. The third-order valence-electron chi connectivity index (χ3n) is 3.08. The van der Waals surface area contributed by atoms with E-state index in [1.54, 1.807) is 12.1 Å². The minimum Gasteiger partial charge on any atom is -0.494 e. The van der Waals surface area contributed by atoms with Crippen LogP contribution >= 0.6 is 11.8 Å². The predicted molar refractivity (Wildman–Crippen MR) is 87.1 cm³/mol. The average Bonchev–Trinajstić information content (AvgIpc) is 3.01. The molecule has 0 bridgehead atoms. The number of benzene rings is 1.